The van der Waals surface area contributed by atoms with Gasteiger partial charge in [-0.05, 0) is 19.5 Å². The van der Waals surface area contributed by atoms with E-state index in [0.717, 1.165) is 31.9 Å². The number of hydrogen-bond acceptors (Lipinski definition) is 4. The van der Waals surface area contributed by atoms with Crippen molar-refractivity contribution in [2.45, 2.75) is 26.9 Å². The van der Waals surface area contributed by atoms with E-state index < -0.39 is 0 Å². The van der Waals surface area contributed by atoms with E-state index in [1.54, 1.807) is 12.7 Å². The summed E-state index contributed by atoms with van der Waals surface area (Å²) in [4.78, 5) is 6.34. The molecule has 2 rings (SSSR count). The number of hydrogen-bond donors (Lipinski definition) is 0. The summed E-state index contributed by atoms with van der Waals surface area (Å²) in [6.07, 6.45) is 3.32. The lowest BCUT2D eigenvalue weighted by Gasteiger charge is -2.21. The maximum atomic E-state index is 5.68. The van der Waals surface area contributed by atoms with E-state index in [-0.39, 0.29) is 0 Å². The average molecular weight is 274 g/mol. The highest BCUT2D eigenvalue weighted by molar-refractivity contribution is 5.33. The summed E-state index contributed by atoms with van der Waals surface area (Å²) in [6.45, 7) is 8.56. The zero-order chi connectivity index (χ0) is 14.2. The lowest BCUT2D eigenvalue weighted by atomic mass is 10.2. The maximum Gasteiger partial charge on any atom is 0.137 e. The van der Waals surface area contributed by atoms with Gasteiger partial charge >= 0.3 is 0 Å². The quantitative estimate of drug-likeness (QED) is 0.740. The molecule has 0 saturated carbocycles. The largest absolute Gasteiger partial charge is 0.494 e. The van der Waals surface area contributed by atoms with Crippen molar-refractivity contribution in [2.24, 2.45) is 0 Å². The molecule has 0 atom stereocenters. The van der Waals surface area contributed by atoms with Gasteiger partial charge in [0, 0.05) is 18.7 Å². The van der Waals surface area contributed by atoms with Crippen LogP contribution in [0.25, 0.3) is 0 Å². The Kier molecular flexibility index (Phi) is 5.55. The van der Waals surface area contributed by atoms with Crippen LogP contribution in [0.1, 0.15) is 19.4 Å². The molecule has 5 heteroatoms. The van der Waals surface area contributed by atoms with Gasteiger partial charge in [0.05, 0.1) is 13.2 Å². The molecule has 0 radical (unpaired) electrons. The van der Waals surface area contributed by atoms with E-state index in [4.69, 9.17) is 4.74 Å². The van der Waals surface area contributed by atoms with Crippen LogP contribution in [-0.2, 0) is 13.1 Å². The van der Waals surface area contributed by atoms with E-state index in [1.165, 1.54) is 5.56 Å². The Morgan fingerprint density at radius 2 is 2.10 bits per heavy atom. The molecule has 0 unspecified atom stereocenters. The minimum atomic E-state index is 0.697. The highest BCUT2D eigenvalue weighted by Gasteiger charge is 2.08. The van der Waals surface area contributed by atoms with Crippen molar-refractivity contribution < 1.29 is 4.74 Å². The van der Waals surface area contributed by atoms with E-state index in [9.17, 15) is 0 Å². The van der Waals surface area contributed by atoms with Crippen LogP contribution in [0, 0.1) is 0 Å². The number of nitrogens with zero attached hydrogens (tertiary/aromatic N) is 4. The van der Waals surface area contributed by atoms with Crippen LogP contribution in [0.4, 0.5) is 0 Å². The fourth-order valence-electron chi connectivity index (χ4n) is 2.11. The lowest BCUT2D eigenvalue weighted by molar-refractivity contribution is 0.255. The van der Waals surface area contributed by atoms with Gasteiger partial charge in [0.25, 0.3) is 0 Å². The zero-order valence-electron chi connectivity index (χ0n) is 12.2. The van der Waals surface area contributed by atoms with Crippen LogP contribution in [-0.4, -0.2) is 39.4 Å². The summed E-state index contributed by atoms with van der Waals surface area (Å²) < 4.78 is 7.54. The molecule has 0 saturated heterocycles. The summed E-state index contributed by atoms with van der Waals surface area (Å²) in [6, 6.07) is 8.23. The predicted octanol–water partition coefficient (Wildman–Crippen LogP) is 2.20. The van der Waals surface area contributed by atoms with Crippen molar-refractivity contribution in [1.29, 1.82) is 0 Å². The summed E-state index contributed by atoms with van der Waals surface area (Å²) in [5, 5.41) is 4.13. The first-order chi connectivity index (χ1) is 9.83. The molecule has 0 N–H and O–H groups in total. The molecule has 2 aromatic rings. The molecule has 20 heavy (non-hydrogen) atoms. The van der Waals surface area contributed by atoms with Crippen molar-refractivity contribution in [3.63, 3.8) is 0 Å². The minimum absolute atomic E-state index is 0.697. The maximum absolute atomic E-state index is 5.68. The van der Waals surface area contributed by atoms with Gasteiger partial charge in [-0.25, -0.2) is 4.98 Å². The third-order valence-electron chi connectivity index (χ3n) is 3.23. The van der Waals surface area contributed by atoms with Crippen LogP contribution in [0.5, 0.6) is 5.75 Å². The Morgan fingerprint density at radius 3 is 2.80 bits per heavy atom. The second-order valence-electron chi connectivity index (χ2n) is 4.57. The van der Waals surface area contributed by atoms with E-state index >= 15 is 0 Å². The Bertz CT molecular complexity index is 498. The number of ether oxygens (including phenoxy) is 1. The average Bonchev–Trinajstić information content (AvgIpc) is 2.99. The molecule has 0 aliphatic carbocycles. The van der Waals surface area contributed by atoms with Crippen LogP contribution < -0.4 is 4.74 Å². The second-order valence-corrected chi connectivity index (χ2v) is 4.57. The van der Waals surface area contributed by atoms with Crippen molar-refractivity contribution in [3.05, 3.63) is 42.5 Å². The van der Waals surface area contributed by atoms with Crippen molar-refractivity contribution >= 4 is 0 Å². The summed E-state index contributed by atoms with van der Waals surface area (Å²) in [5.41, 5.74) is 1.23. The monoisotopic (exact) mass is 274 g/mol. The van der Waals surface area contributed by atoms with Gasteiger partial charge in [0.15, 0.2) is 0 Å². The SMILES string of the molecule is CCOc1ccccc1CN(CC)CCn1cncn1. The molecule has 1 aromatic heterocycles. The van der Waals surface area contributed by atoms with E-state index in [0.29, 0.717) is 6.61 Å². The highest BCUT2D eigenvalue weighted by atomic mass is 16.5. The fourth-order valence-corrected chi connectivity index (χ4v) is 2.11. The number of rotatable bonds is 8. The van der Waals surface area contributed by atoms with Gasteiger partial charge in [-0.15, -0.1) is 0 Å². The van der Waals surface area contributed by atoms with Crippen molar-refractivity contribution in [1.82, 2.24) is 19.7 Å². The number of likely N-dealkylation sites (N-methyl/N-ethyl adjacent to an activating group) is 1. The Balaban J connectivity index is 1.95. The molecular weight excluding hydrogens is 252 g/mol. The molecule has 0 spiro atoms. The van der Waals surface area contributed by atoms with Crippen LogP contribution in [0.15, 0.2) is 36.9 Å². The Morgan fingerprint density at radius 1 is 1.25 bits per heavy atom. The van der Waals surface area contributed by atoms with Gasteiger partial charge in [0.1, 0.15) is 18.4 Å². The molecular formula is C15H22N4O. The van der Waals surface area contributed by atoms with Gasteiger partial charge in [-0.2, -0.15) is 5.10 Å². The number of aromatic nitrogens is 3. The normalized spacial score (nSPS) is 10.9. The van der Waals surface area contributed by atoms with Crippen LogP contribution in [0.2, 0.25) is 0 Å². The first kappa shape index (κ1) is 14.5. The molecule has 0 aliphatic heterocycles. The summed E-state index contributed by atoms with van der Waals surface area (Å²) in [5.74, 6) is 0.981. The fraction of sp³-hybridized carbons (Fsp3) is 0.467. The molecule has 5 nitrogen and oxygen atoms in total. The Hall–Kier alpha value is -1.88. The molecule has 0 bridgehead atoms. The molecule has 0 aliphatic rings. The van der Waals surface area contributed by atoms with E-state index in [2.05, 4.69) is 34.0 Å². The molecule has 0 fully saturated rings. The smallest absolute Gasteiger partial charge is 0.137 e. The van der Waals surface area contributed by atoms with Crippen LogP contribution in [0.3, 0.4) is 0 Å². The predicted molar refractivity (Wildman–Crippen MR) is 78.6 cm³/mol. The molecule has 1 heterocycles. The third-order valence-corrected chi connectivity index (χ3v) is 3.23. The third kappa shape index (κ3) is 4.06. The van der Waals surface area contributed by atoms with Crippen molar-refractivity contribution in [2.75, 3.05) is 19.7 Å². The molecule has 1 aromatic carbocycles. The molecule has 108 valence electrons. The van der Waals surface area contributed by atoms with Gasteiger partial charge in [-0.1, -0.05) is 25.1 Å². The van der Waals surface area contributed by atoms with Gasteiger partial charge < -0.3 is 4.74 Å². The second kappa shape index (κ2) is 7.65. The van der Waals surface area contributed by atoms with Crippen LogP contribution >= 0.6 is 0 Å². The minimum Gasteiger partial charge on any atom is -0.494 e. The number of benzene rings is 1. The van der Waals surface area contributed by atoms with Gasteiger partial charge in [-0.3, -0.25) is 9.58 Å². The summed E-state index contributed by atoms with van der Waals surface area (Å²) >= 11 is 0. The van der Waals surface area contributed by atoms with Crippen molar-refractivity contribution in [3.8, 4) is 5.75 Å². The van der Waals surface area contributed by atoms with Gasteiger partial charge in [0.2, 0.25) is 0 Å². The summed E-state index contributed by atoms with van der Waals surface area (Å²) in [7, 11) is 0. The zero-order valence-corrected chi connectivity index (χ0v) is 12.2. The molecule has 0 amide bonds. The number of para-hydroxylation sites is 1. The first-order valence-corrected chi connectivity index (χ1v) is 7.09. The topological polar surface area (TPSA) is 43.2 Å². The highest BCUT2D eigenvalue weighted by Crippen LogP contribution is 2.19. The first-order valence-electron chi connectivity index (χ1n) is 7.09. The standard InChI is InChI=1S/C15H22N4O/c1-3-18(9-10-19-13-16-12-17-19)11-14-7-5-6-8-15(14)20-4-2/h5-8,12-13H,3-4,9-11H2,1-2H3. The van der Waals surface area contributed by atoms with E-state index in [1.807, 2.05) is 23.7 Å². The Labute approximate surface area is 120 Å². The lowest BCUT2D eigenvalue weighted by Crippen LogP contribution is -2.27.